The maximum Gasteiger partial charge on any atom is 0.308 e. The summed E-state index contributed by atoms with van der Waals surface area (Å²) in [5.74, 6) is -0.968. The molecule has 22 heavy (non-hydrogen) atoms. The van der Waals surface area contributed by atoms with Crippen molar-refractivity contribution in [2.45, 2.75) is 37.2 Å². The van der Waals surface area contributed by atoms with Crippen LogP contribution in [0.15, 0.2) is 18.7 Å². The first kappa shape index (κ1) is 20.1. The Hall–Kier alpha value is 0.0800. The van der Waals surface area contributed by atoms with Crippen LogP contribution in [0.1, 0.15) is 27.7 Å². The highest BCUT2D eigenvalue weighted by atomic mass is 127. The van der Waals surface area contributed by atoms with E-state index >= 15 is 0 Å². The second-order valence-electron chi connectivity index (χ2n) is 4.57. The summed E-state index contributed by atoms with van der Waals surface area (Å²) in [6.45, 7) is 5.61. The van der Waals surface area contributed by atoms with Gasteiger partial charge in [0.2, 0.25) is 0 Å². The molecule has 1 aliphatic rings. The van der Waals surface area contributed by atoms with Crippen LogP contribution in [0.5, 0.6) is 0 Å². The molecule has 0 N–H and O–H groups in total. The topological polar surface area (TPSA) is 78.9 Å². The first-order chi connectivity index (χ1) is 9.98. The van der Waals surface area contributed by atoms with Crippen molar-refractivity contribution in [1.82, 2.24) is 0 Å². The second kappa shape index (κ2) is 7.77. The number of hydrogen-bond acceptors (Lipinski definition) is 6. The lowest BCUT2D eigenvalue weighted by molar-refractivity contribution is -0.145. The summed E-state index contributed by atoms with van der Waals surface area (Å²) in [5, 5.41) is 0. The molecular formula is C13H13I3O6. The van der Waals surface area contributed by atoms with Gasteiger partial charge in [-0.1, -0.05) is 22.6 Å². The first-order valence-corrected chi connectivity index (χ1v) is 9.25. The van der Waals surface area contributed by atoms with Gasteiger partial charge in [0.25, 0.3) is 0 Å². The maximum atomic E-state index is 11.4. The van der Waals surface area contributed by atoms with E-state index < -0.39 is 27.4 Å². The monoisotopic (exact) mass is 646 g/mol. The molecule has 2 atom stereocenters. The Morgan fingerprint density at radius 3 is 1.91 bits per heavy atom. The Balaban J connectivity index is 3.49. The van der Waals surface area contributed by atoms with Crippen molar-refractivity contribution in [2.75, 3.05) is 0 Å². The number of rotatable bonds is 3. The van der Waals surface area contributed by atoms with Gasteiger partial charge in [-0.25, -0.2) is 0 Å². The number of alkyl halides is 1. The average Bonchev–Trinajstić information content (AvgIpc) is 2.35. The minimum Gasteiger partial charge on any atom is -0.455 e. The molecule has 6 nitrogen and oxygen atoms in total. The third kappa shape index (κ3) is 4.55. The zero-order chi connectivity index (χ0) is 17.2. The SMILES string of the molecule is CC(=O)OC1=C(I)C(OC(C)=O)C(C)(I)C(OC(C)=O)=C1I. The van der Waals surface area contributed by atoms with Gasteiger partial charge in [-0.05, 0) is 52.1 Å². The summed E-state index contributed by atoms with van der Waals surface area (Å²) in [4.78, 5) is 34.1. The predicted molar refractivity (Wildman–Crippen MR) is 104 cm³/mol. The van der Waals surface area contributed by atoms with Gasteiger partial charge in [0.15, 0.2) is 11.9 Å². The first-order valence-electron chi connectivity index (χ1n) is 6.01. The van der Waals surface area contributed by atoms with Crippen molar-refractivity contribution in [1.29, 1.82) is 0 Å². The van der Waals surface area contributed by atoms with Crippen LogP contribution in [-0.2, 0) is 28.6 Å². The number of hydrogen-bond donors (Lipinski definition) is 0. The molecule has 0 saturated carbocycles. The quantitative estimate of drug-likeness (QED) is 0.202. The molecule has 1 aliphatic carbocycles. The molecule has 0 aliphatic heterocycles. The molecule has 0 radical (unpaired) electrons. The predicted octanol–water partition coefficient (Wildman–Crippen LogP) is 3.54. The molecule has 0 bridgehead atoms. The van der Waals surface area contributed by atoms with Crippen LogP contribution in [0.4, 0.5) is 0 Å². The van der Waals surface area contributed by atoms with Crippen molar-refractivity contribution in [3.05, 3.63) is 18.7 Å². The van der Waals surface area contributed by atoms with E-state index in [0.717, 1.165) is 0 Å². The fourth-order valence-electron chi connectivity index (χ4n) is 1.75. The summed E-state index contributed by atoms with van der Waals surface area (Å²) >= 11 is 5.98. The second-order valence-corrected chi connectivity index (χ2v) is 9.05. The molecule has 122 valence electrons. The maximum absolute atomic E-state index is 11.4. The summed E-state index contributed by atoms with van der Waals surface area (Å²) < 4.78 is 16.1. The number of carbonyl (C=O) groups excluding carboxylic acids is 3. The van der Waals surface area contributed by atoms with Crippen LogP contribution in [-0.4, -0.2) is 27.4 Å². The van der Waals surface area contributed by atoms with Crippen molar-refractivity contribution in [3.8, 4) is 0 Å². The number of carbonyl (C=O) groups is 3. The van der Waals surface area contributed by atoms with E-state index in [1.165, 1.54) is 20.8 Å². The Kier molecular flexibility index (Phi) is 7.11. The largest absolute Gasteiger partial charge is 0.455 e. The van der Waals surface area contributed by atoms with Crippen molar-refractivity contribution >= 4 is 85.7 Å². The lowest BCUT2D eigenvalue weighted by Crippen LogP contribution is -2.43. The summed E-state index contributed by atoms with van der Waals surface area (Å²) in [6, 6.07) is 0. The van der Waals surface area contributed by atoms with E-state index in [2.05, 4.69) is 22.6 Å². The molecular weight excluding hydrogens is 633 g/mol. The average molecular weight is 646 g/mol. The zero-order valence-electron chi connectivity index (χ0n) is 12.2. The van der Waals surface area contributed by atoms with Crippen LogP contribution < -0.4 is 0 Å². The molecule has 0 amide bonds. The van der Waals surface area contributed by atoms with Crippen molar-refractivity contribution in [2.24, 2.45) is 0 Å². The van der Waals surface area contributed by atoms with Gasteiger partial charge in [-0.2, -0.15) is 0 Å². The normalized spacial score (nSPS) is 25.0. The standard InChI is InChI=1S/C13H13I3O6/c1-5(17)20-10-8(14)11(21-6(2)18)13(4,16)12(9(10)15)22-7(3)19/h11H,1-4H3. The van der Waals surface area contributed by atoms with E-state index in [4.69, 9.17) is 14.2 Å². The van der Waals surface area contributed by atoms with Gasteiger partial charge in [-0.15, -0.1) is 0 Å². The van der Waals surface area contributed by atoms with Crippen molar-refractivity contribution < 1.29 is 28.6 Å². The summed E-state index contributed by atoms with van der Waals surface area (Å²) in [6.07, 6.45) is -0.728. The van der Waals surface area contributed by atoms with E-state index in [0.29, 0.717) is 12.9 Å². The number of esters is 3. The smallest absolute Gasteiger partial charge is 0.308 e. The molecule has 0 aromatic rings. The minimum absolute atomic E-state index is 0.241. The highest BCUT2D eigenvalue weighted by Gasteiger charge is 2.49. The summed E-state index contributed by atoms with van der Waals surface area (Å²) in [5.41, 5.74) is 0. The van der Waals surface area contributed by atoms with Gasteiger partial charge in [0.1, 0.15) is 9.18 Å². The third-order valence-electron chi connectivity index (χ3n) is 2.56. The molecule has 1 rings (SSSR count). The van der Waals surface area contributed by atoms with Crippen LogP contribution in [0.2, 0.25) is 0 Å². The molecule has 0 aromatic heterocycles. The molecule has 0 heterocycles. The van der Waals surface area contributed by atoms with Gasteiger partial charge >= 0.3 is 17.9 Å². The van der Waals surface area contributed by atoms with Crippen LogP contribution in [0.3, 0.4) is 0 Å². The molecule has 0 aromatic carbocycles. The van der Waals surface area contributed by atoms with E-state index in [9.17, 15) is 14.4 Å². The molecule has 0 saturated heterocycles. The zero-order valence-corrected chi connectivity index (χ0v) is 18.6. The van der Waals surface area contributed by atoms with E-state index in [-0.39, 0.29) is 5.76 Å². The Morgan fingerprint density at radius 2 is 1.50 bits per heavy atom. The van der Waals surface area contributed by atoms with Gasteiger partial charge in [0.05, 0.1) is 7.16 Å². The van der Waals surface area contributed by atoms with Gasteiger partial charge < -0.3 is 14.2 Å². The highest BCUT2D eigenvalue weighted by Crippen LogP contribution is 2.49. The third-order valence-corrected chi connectivity index (χ3v) is 5.65. The van der Waals surface area contributed by atoms with Gasteiger partial charge in [0, 0.05) is 20.8 Å². The van der Waals surface area contributed by atoms with Gasteiger partial charge in [-0.3, -0.25) is 14.4 Å². The van der Waals surface area contributed by atoms with E-state index in [1.807, 2.05) is 45.2 Å². The Bertz CT molecular complexity index is 591. The lowest BCUT2D eigenvalue weighted by atomic mass is 9.96. The van der Waals surface area contributed by atoms with Crippen LogP contribution >= 0.6 is 67.8 Å². The Morgan fingerprint density at radius 1 is 1.00 bits per heavy atom. The molecule has 0 fully saturated rings. The number of halogens is 3. The molecule has 0 spiro atoms. The fourth-order valence-corrected chi connectivity index (χ4v) is 6.40. The Labute approximate surface area is 168 Å². The van der Waals surface area contributed by atoms with Crippen LogP contribution in [0, 0.1) is 0 Å². The summed E-state index contributed by atoms with van der Waals surface area (Å²) in [7, 11) is 0. The number of ether oxygens (including phenoxy) is 3. The lowest BCUT2D eigenvalue weighted by Gasteiger charge is -2.37. The minimum atomic E-state index is -0.814. The molecule has 9 heteroatoms. The molecule has 2 unspecified atom stereocenters. The highest BCUT2D eigenvalue weighted by molar-refractivity contribution is 14.1. The van der Waals surface area contributed by atoms with E-state index in [1.54, 1.807) is 6.92 Å². The number of allylic oxidation sites excluding steroid dienone is 1. The fraction of sp³-hybridized carbons (Fsp3) is 0.462. The van der Waals surface area contributed by atoms with Crippen LogP contribution in [0.25, 0.3) is 0 Å². The van der Waals surface area contributed by atoms with Crippen molar-refractivity contribution in [3.63, 3.8) is 0 Å².